The molecule has 0 spiro atoms. The summed E-state index contributed by atoms with van der Waals surface area (Å²) in [5, 5.41) is 19.0. The third-order valence-corrected chi connectivity index (χ3v) is 3.68. The molecule has 0 heterocycles. The highest BCUT2D eigenvalue weighted by atomic mass is 32.2. The average molecular weight is 228 g/mol. The maximum absolute atomic E-state index is 13.6. The van der Waals surface area contributed by atoms with Crippen molar-refractivity contribution in [1.29, 1.82) is 0 Å². The Hall–Kier alpha value is -0.580. The SMILES string of the molecule is CSc1ccc(F)c2c1[C@H](O)C[C@@H]2CO. The van der Waals surface area contributed by atoms with Crippen molar-refractivity contribution in [3.05, 3.63) is 29.1 Å². The van der Waals surface area contributed by atoms with Gasteiger partial charge >= 0.3 is 0 Å². The van der Waals surface area contributed by atoms with Gasteiger partial charge < -0.3 is 10.2 Å². The minimum Gasteiger partial charge on any atom is -0.396 e. The first kappa shape index (κ1) is 10.9. The van der Waals surface area contributed by atoms with E-state index in [4.69, 9.17) is 5.11 Å². The molecule has 0 amide bonds. The normalized spacial score (nSPS) is 24.3. The van der Waals surface area contributed by atoms with Gasteiger partial charge in [0.05, 0.1) is 12.7 Å². The van der Waals surface area contributed by atoms with Gasteiger partial charge in [-0.05, 0) is 24.8 Å². The quantitative estimate of drug-likeness (QED) is 0.761. The molecular weight excluding hydrogens is 215 g/mol. The minimum absolute atomic E-state index is 0.112. The van der Waals surface area contributed by atoms with Crippen molar-refractivity contribution in [2.75, 3.05) is 12.9 Å². The summed E-state index contributed by atoms with van der Waals surface area (Å²) in [5.41, 5.74) is 1.17. The monoisotopic (exact) mass is 228 g/mol. The zero-order valence-corrected chi connectivity index (χ0v) is 9.22. The molecule has 0 radical (unpaired) electrons. The van der Waals surface area contributed by atoms with Gasteiger partial charge in [0.2, 0.25) is 0 Å². The highest BCUT2D eigenvalue weighted by Crippen LogP contribution is 2.45. The number of rotatable bonds is 2. The summed E-state index contributed by atoms with van der Waals surface area (Å²) in [6.07, 6.45) is 1.67. The molecular formula is C11H13FO2S. The van der Waals surface area contributed by atoms with Crippen molar-refractivity contribution >= 4 is 11.8 Å². The Labute approximate surface area is 92.1 Å². The van der Waals surface area contributed by atoms with E-state index in [9.17, 15) is 9.50 Å². The molecule has 2 N–H and O–H groups in total. The molecule has 1 aliphatic carbocycles. The van der Waals surface area contributed by atoms with Crippen LogP contribution in [0.4, 0.5) is 4.39 Å². The fourth-order valence-corrected chi connectivity index (χ4v) is 2.87. The summed E-state index contributed by atoms with van der Waals surface area (Å²) >= 11 is 1.49. The van der Waals surface area contributed by atoms with Crippen LogP contribution in [-0.4, -0.2) is 23.1 Å². The van der Waals surface area contributed by atoms with Crippen LogP contribution in [0.15, 0.2) is 17.0 Å². The summed E-state index contributed by atoms with van der Waals surface area (Å²) in [6.45, 7) is -0.112. The summed E-state index contributed by atoms with van der Waals surface area (Å²) in [4.78, 5) is 0.898. The Kier molecular flexibility index (Phi) is 3.00. The molecule has 2 atom stereocenters. The molecule has 0 saturated heterocycles. The first-order chi connectivity index (χ1) is 7.19. The molecule has 0 fully saturated rings. The molecule has 0 aromatic heterocycles. The molecule has 1 aliphatic rings. The van der Waals surface area contributed by atoms with Crippen molar-refractivity contribution in [2.24, 2.45) is 0 Å². The molecule has 0 aliphatic heterocycles. The summed E-state index contributed by atoms with van der Waals surface area (Å²) in [6, 6.07) is 3.09. The van der Waals surface area contributed by atoms with Crippen molar-refractivity contribution in [1.82, 2.24) is 0 Å². The van der Waals surface area contributed by atoms with Gasteiger partial charge in [0, 0.05) is 21.9 Å². The molecule has 2 nitrogen and oxygen atoms in total. The number of aliphatic hydroxyl groups excluding tert-OH is 2. The minimum atomic E-state index is -0.643. The van der Waals surface area contributed by atoms with Gasteiger partial charge in [0.15, 0.2) is 0 Å². The van der Waals surface area contributed by atoms with E-state index in [1.165, 1.54) is 17.8 Å². The Bertz CT molecular complexity index is 381. The molecule has 0 unspecified atom stereocenters. The van der Waals surface area contributed by atoms with Crippen LogP contribution in [0.5, 0.6) is 0 Å². The van der Waals surface area contributed by atoms with Crippen LogP contribution in [-0.2, 0) is 0 Å². The predicted molar refractivity (Wildman–Crippen MR) is 57.6 cm³/mol. The van der Waals surface area contributed by atoms with Crippen molar-refractivity contribution in [3.8, 4) is 0 Å². The molecule has 1 aromatic rings. The van der Waals surface area contributed by atoms with E-state index in [1.807, 2.05) is 6.26 Å². The number of fused-ring (bicyclic) bond motifs is 1. The second kappa shape index (κ2) is 4.12. The van der Waals surface area contributed by atoms with Crippen molar-refractivity contribution in [2.45, 2.75) is 23.3 Å². The molecule has 15 heavy (non-hydrogen) atoms. The fourth-order valence-electron chi connectivity index (χ4n) is 2.20. The third-order valence-electron chi connectivity index (χ3n) is 2.88. The van der Waals surface area contributed by atoms with E-state index in [-0.39, 0.29) is 18.3 Å². The fraction of sp³-hybridized carbons (Fsp3) is 0.455. The number of halogens is 1. The van der Waals surface area contributed by atoms with Crippen LogP contribution in [0.1, 0.15) is 29.6 Å². The van der Waals surface area contributed by atoms with Gasteiger partial charge in [-0.1, -0.05) is 0 Å². The lowest BCUT2D eigenvalue weighted by molar-refractivity contribution is 0.156. The van der Waals surface area contributed by atoms with Gasteiger partial charge in [-0.15, -0.1) is 11.8 Å². The molecule has 0 bridgehead atoms. The Balaban J connectivity index is 2.59. The van der Waals surface area contributed by atoms with Crippen LogP contribution in [0.2, 0.25) is 0 Å². The highest BCUT2D eigenvalue weighted by molar-refractivity contribution is 7.98. The third kappa shape index (κ3) is 1.67. The molecule has 82 valence electrons. The lowest BCUT2D eigenvalue weighted by Gasteiger charge is -2.11. The summed E-state index contributed by atoms with van der Waals surface area (Å²) < 4.78 is 13.6. The van der Waals surface area contributed by atoms with E-state index in [0.29, 0.717) is 17.5 Å². The molecule has 2 rings (SSSR count). The second-order valence-corrected chi connectivity index (χ2v) is 4.56. The largest absolute Gasteiger partial charge is 0.396 e. The standard InChI is InChI=1S/C11H13FO2S/c1-15-9-3-2-7(12)10-6(5-13)4-8(14)11(9)10/h2-3,6,8,13-14H,4-5H2,1H3/t6-,8-/m1/s1. The van der Waals surface area contributed by atoms with E-state index >= 15 is 0 Å². The average Bonchev–Trinajstić information content (AvgIpc) is 2.58. The first-order valence-electron chi connectivity index (χ1n) is 4.84. The second-order valence-electron chi connectivity index (χ2n) is 3.71. The van der Waals surface area contributed by atoms with E-state index < -0.39 is 6.10 Å². The van der Waals surface area contributed by atoms with Gasteiger partial charge in [0.1, 0.15) is 5.82 Å². The van der Waals surface area contributed by atoms with Crippen LogP contribution in [0, 0.1) is 5.82 Å². The lowest BCUT2D eigenvalue weighted by Crippen LogP contribution is -2.02. The van der Waals surface area contributed by atoms with Crippen LogP contribution >= 0.6 is 11.8 Å². The maximum atomic E-state index is 13.6. The topological polar surface area (TPSA) is 40.5 Å². The van der Waals surface area contributed by atoms with Gasteiger partial charge in [0.25, 0.3) is 0 Å². The Morgan fingerprint density at radius 1 is 1.47 bits per heavy atom. The smallest absolute Gasteiger partial charge is 0.127 e. The van der Waals surface area contributed by atoms with Crippen molar-refractivity contribution < 1.29 is 14.6 Å². The number of hydrogen-bond acceptors (Lipinski definition) is 3. The molecule has 4 heteroatoms. The first-order valence-corrected chi connectivity index (χ1v) is 6.06. The summed E-state index contributed by atoms with van der Waals surface area (Å²) in [5.74, 6) is -0.583. The van der Waals surface area contributed by atoms with E-state index in [1.54, 1.807) is 6.07 Å². The zero-order valence-electron chi connectivity index (χ0n) is 8.40. The predicted octanol–water partition coefficient (Wildman–Crippen LogP) is 2.06. The van der Waals surface area contributed by atoms with E-state index in [0.717, 1.165) is 4.90 Å². The number of hydrogen-bond donors (Lipinski definition) is 2. The number of thioether (sulfide) groups is 1. The van der Waals surface area contributed by atoms with Crippen LogP contribution in [0.3, 0.4) is 0 Å². The van der Waals surface area contributed by atoms with Gasteiger partial charge in [-0.2, -0.15) is 0 Å². The van der Waals surface area contributed by atoms with E-state index in [2.05, 4.69) is 0 Å². The van der Waals surface area contributed by atoms with Gasteiger partial charge in [-0.3, -0.25) is 0 Å². The maximum Gasteiger partial charge on any atom is 0.127 e. The number of benzene rings is 1. The van der Waals surface area contributed by atoms with Crippen LogP contribution in [0.25, 0.3) is 0 Å². The molecule has 0 saturated carbocycles. The Morgan fingerprint density at radius 2 is 2.20 bits per heavy atom. The highest BCUT2D eigenvalue weighted by Gasteiger charge is 2.33. The van der Waals surface area contributed by atoms with Crippen molar-refractivity contribution in [3.63, 3.8) is 0 Å². The zero-order chi connectivity index (χ0) is 11.0. The number of aliphatic hydroxyl groups is 2. The molecule has 1 aromatic carbocycles. The van der Waals surface area contributed by atoms with Gasteiger partial charge in [-0.25, -0.2) is 4.39 Å². The Morgan fingerprint density at radius 3 is 2.80 bits per heavy atom. The lowest BCUT2D eigenvalue weighted by atomic mass is 10.0. The summed E-state index contributed by atoms with van der Waals surface area (Å²) in [7, 11) is 0. The van der Waals surface area contributed by atoms with Crippen LogP contribution < -0.4 is 0 Å².